The van der Waals surface area contributed by atoms with Gasteiger partial charge in [-0.2, -0.15) is 0 Å². The minimum atomic E-state index is -0.454. The quantitative estimate of drug-likeness (QED) is 0.572. The molecule has 1 aromatic heterocycles. The van der Waals surface area contributed by atoms with E-state index in [1.54, 1.807) is 42.6 Å². The summed E-state index contributed by atoms with van der Waals surface area (Å²) in [6, 6.07) is 14.1. The molecule has 0 spiro atoms. The number of hydrogen-bond acceptors (Lipinski definition) is 3. The number of nitrogens with two attached hydrogens (primary N) is 1. The maximum Gasteiger partial charge on any atom is 0.345 e. The van der Waals surface area contributed by atoms with E-state index in [1.165, 1.54) is 0 Å². The summed E-state index contributed by atoms with van der Waals surface area (Å²) in [6.45, 7) is 0. The predicted molar refractivity (Wildman–Crippen MR) is 82.6 cm³/mol. The molecule has 0 unspecified atom stereocenters. The Morgan fingerprint density at radius 1 is 1.09 bits per heavy atom. The van der Waals surface area contributed by atoms with Gasteiger partial charge in [-0.3, -0.25) is 4.79 Å². The molecule has 0 aliphatic carbocycles. The molecule has 0 fully saturated rings. The topological polar surface area (TPSA) is 85.2 Å². The summed E-state index contributed by atoms with van der Waals surface area (Å²) in [4.78, 5) is 26.3. The van der Waals surface area contributed by atoms with Crippen LogP contribution in [-0.2, 0) is 11.2 Å². The van der Waals surface area contributed by atoms with Crippen molar-refractivity contribution in [3.63, 3.8) is 0 Å². The summed E-state index contributed by atoms with van der Waals surface area (Å²) in [6.07, 6.45) is 1.88. The van der Waals surface area contributed by atoms with Gasteiger partial charge in [0.15, 0.2) is 0 Å². The van der Waals surface area contributed by atoms with Crippen molar-refractivity contribution in [2.75, 3.05) is 0 Å². The van der Waals surface area contributed by atoms with Crippen molar-refractivity contribution in [3.8, 4) is 5.75 Å². The van der Waals surface area contributed by atoms with Crippen LogP contribution in [0.15, 0.2) is 54.7 Å². The molecule has 3 rings (SSSR count). The Hall–Kier alpha value is -3.08. The number of H-pyrrole nitrogens is 1. The van der Waals surface area contributed by atoms with Crippen LogP contribution >= 0.6 is 0 Å². The van der Waals surface area contributed by atoms with Crippen molar-refractivity contribution >= 4 is 22.8 Å². The van der Waals surface area contributed by atoms with E-state index in [1.807, 2.05) is 12.1 Å². The maximum absolute atomic E-state index is 12.3. The highest BCUT2D eigenvalue weighted by Crippen LogP contribution is 2.20. The molecule has 0 aliphatic heterocycles. The second-order valence-electron chi connectivity index (χ2n) is 4.93. The molecular weight excluding hydrogens is 280 g/mol. The molecule has 110 valence electrons. The number of carbonyl (C=O) groups is 2. The first-order chi connectivity index (χ1) is 10.6. The Morgan fingerprint density at radius 3 is 2.73 bits per heavy atom. The highest BCUT2D eigenvalue weighted by Gasteiger charge is 2.13. The number of rotatable bonds is 4. The molecule has 0 radical (unpaired) electrons. The van der Waals surface area contributed by atoms with E-state index in [2.05, 4.69) is 4.98 Å². The van der Waals surface area contributed by atoms with Crippen molar-refractivity contribution in [2.24, 2.45) is 5.73 Å². The summed E-state index contributed by atoms with van der Waals surface area (Å²) in [5, 5.41) is 0.942. The number of nitrogens with one attached hydrogen (secondary N) is 1. The van der Waals surface area contributed by atoms with Crippen molar-refractivity contribution < 1.29 is 14.3 Å². The lowest BCUT2D eigenvalue weighted by Gasteiger charge is -2.07. The van der Waals surface area contributed by atoms with E-state index in [4.69, 9.17) is 10.5 Å². The van der Waals surface area contributed by atoms with Gasteiger partial charge < -0.3 is 15.5 Å². The average molecular weight is 294 g/mol. The molecule has 3 N–H and O–H groups in total. The van der Waals surface area contributed by atoms with Crippen LogP contribution in [0.3, 0.4) is 0 Å². The standard InChI is InChI=1S/C17H14N2O3/c18-15(20)10-11-3-1-5-13(9-11)22-17(21)14-6-2-4-12-7-8-19-16(12)14/h1-9,19H,10H2,(H2,18,20). The number of benzene rings is 2. The molecule has 5 nitrogen and oxygen atoms in total. The third kappa shape index (κ3) is 2.83. The summed E-state index contributed by atoms with van der Waals surface area (Å²) in [5.41, 5.74) is 7.07. The number of primary amides is 1. The van der Waals surface area contributed by atoms with Gasteiger partial charge in [0.2, 0.25) is 5.91 Å². The fraction of sp³-hybridized carbons (Fsp3) is 0.0588. The van der Waals surface area contributed by atoms with E-state index in [-0.39, 0.29) is 6.42 Å². The molecule has 5 heteroatoms. The zero-order valence-electron chi connectivity index (χ0n) is 11.7. The summed E-state index contributed by atoms with van der Waals surface area (Å²) in [5.74, 6) is -0.504. The van der Waals surface area contributed by atoms with Crippen molar-refractivity contribution in [1.82, 2.24) is 4.98 Å². The number of aromatic nitrogens is 1. The highest BCUT2D eigenvalue weighted by atomic mass is 16.5. The molecule has 1 amide bonds. The van der Waals surface area contributed by atoms with Crippen molar-refractivity contribution in [3.05, 3.63) is 65.9 Å². The second-order valence-corrected chi connectivity index (χ2v) is 4.93. The molecule has 0 atom stereocenters. The molecule has 0 bridgehead atoms. The number of fused-ring (bicyclic) bond motifs is 1. The number of ether oxygens (including phenoxy) is 1. The van der Waals surface area contributed by atoms with Gasteiger partial charge in [0.05, 0.1) is 17.5 Å². The molecular formula is C17H14N2O3. The van der Waals surface area contributed by atoms with Crippen LogP contribution in [-0.4, -0.2) is 16.9 Å². The lowest BCUT2D eigenvalue weighted by molar-refractivity contribution is -0.117. The third-order valence-electron chi connectivity index (χ3n) is 3.29. The summed E-state index contributed by atoms with van der Waals surface area (Å²) in [7, 11) is 0. The largest absolute Gasteiger partial charge is 0.423 e. The monoisotopic (exact) mass is 294 g/mol. The lowest BCUT2D eigenvalue weighted by Crippen LogP contribution is -2.14. The van der Waals surface area contributed by atoms with E-state index in [0.29, 0.717) is 16.9 Å². The van der Waals surface area contributed by atoms with Gasteiger partial charge in [-0.05, 0) is 29.8 Å². The highest BCUT2D eigenvalue weighted by molar-refractivity contribution is 6.03. The van der Waals surface area contributed by atoms with Crippen LogP contribution in [0.4, 0.5) is 0 Å². The van der Waals surface area contributed by atoms with Crippen LogP contribution < -0.4 is 10.5 Å². The average Bonchev–Trinajstić information content (AvgIpc) is 2.95. The molecule has 0 saturated carbocycles. The lowest BCUT2D eigenvalue weighted by atomic mass is 10.1. The molecule has 2 aromatic carbocycles. The van der Waals surface area contributed by atoms with Crippen molar-refractivity contribution in [1.29, 1.82) is 0 Å². The van der Waals surface area contributed by atoms with Crippen LogP contribution in [0.2, 0.25) is 0 Å². The Kier molecular flexibility index (Phi) is 3.62. The normalized spacial score (nSPS) is 10.5. The zero-order chi connectivity index (χ0) is 15.5. The van der Waals surface area contributed by atoms with Crippen LogP contribution in [0.1, 0.15) is 15.9 Å². The summed E-state index contributed by atoms with van der Waals surface area (Å²) < 4.78 is 5.39. The molecule has 3 aromatic rings. The number of carbonyl (C=O) groups excluding carboxylic acids is 2. The zero-order valence-corrected chi connectivity index (χ0v) is 11.7. The Balaban J connectivity index is 1.85. The Labute approximate surface area is 126 Å². The van der Waals surface area contributed by atoms with E-state index in [0.717, 1.165) is 10.9 Å². The number of hydrogen-bond donors (Lipinski definition) is 2. The Bertz CT molecular complexity index is 852. The third-order valence-corrected chi connectivity index (χ3v) is 3.29. The van der Waals surface area contributed by atoms with Crippen molar-refractivity contribution in [2.45, 2.75) is 6.42 Å². The van der Waals surface area contributed by atoms with Gasteiger partial charge in [-0.25, -0.2) is 4.79 Å². The minimum Gasteiger partial charge on any atom is -0.423 e. The van der Waals surface area contributed by atoms with Crippen LogP contribution in [0, 0.1) is 0 Å². The number of esters is 1. The second kappa shape index (κ2) is 5.73. The molecule has 0 aliphatic rings. The molecule has 22 heavy (non-hydrogen) atoms. The van der Waals surface area contributed by atoms with Gasteiger partial charge >= 0.3 is 5.97 Å². The van der Waals surface area contributed by atoms with Gasteiger partial charge in [0.1, 0.15) is 5.75 Å². The van der Waals surface area contributed by atoms with E-state index in [9.17, 15) is 9.59 Å². The van der Waals surface area contributed by atoms with Crippen LogP contribution in [0.5, 0.6) is 5.75 Å². The van der Waals surface area contributed by atoms with E-state index >= 15 is 0 Å². The number of amides is 1. The smallest absolute Gasteiger partial charge is 0.345 e. The minimum absolute atomic E-state index is 0.109. The molecule has 0 saturated heterocycles. The first-order valence-electron chi connectivity index (χ1n) is 6.79. The maximum atomic E-state index is 12.3. The number of para-hydroxylation sites is 1. The fourth-order valence-corrected chi connectivity index (χ4v) is 2.34. The van der Waals surface area contributed by atoms with Gasteiger partial charge in [-0.15, -0.1) is 0 Å². The first-order valence-corrected chi connectivity index (χ1v) is 6.79. The van der Waals surface area contributed by atoms with Gasteiger partial charge in [0, 0.05) is 11.6 Å². The molecule has 1 heterocycles. The summed E-state index contributed by atoms with van der Waals surface area (Å²) >= 11 is 0. The van der Waals surface area contributed by atoms with E-state index < -0.39 is 11.9 Å². The fourth-order valence-electron chi connectivity index (χ4n) is 2.34. The van der Waals surface area contributed by atoms with Gasteiger partial charge in [0.25, 0.3) is 0 Å². The van der Waals surface area contributed by atoms with Gasteiger partial charge in [-0.1, -0.05) is 24.3 Å². The Morgan fingerprint density at radius 2 is 1.91 bits per heavy atom. The first kappa shape index (κ1) is 13.9. The SMILES string of the molecule is NC(=O)Cc1cccc(OC(=O)c2cccc3cc[nH]c23)c1. The predicted octanol–water partition coefficient (Wildman–Crippen LogP) is 2.41. The van der Waals surface area contributed by atoms with Crippen LogP contribution in [0.25, 0.3) is 10.9 Å². The number of aromatic amines is 1.